The maximum Gasteiger partial charge on any atom is 0.323 e. The Balaban J connectivity index is 2.85. The van der Waals surface area contributed by atoms with Gasteiger partial charge in [-0.1, -0.05) is 0 Å². The summed E-state index contributed by atoms with van der Waals surface area (Å²) >= 11 is 0. The Kier molecular flexibility index (Phi) is 3.97. The molecule has 0 aliphatic heterocycles. The molecule has 1 unspecified atom stereocenters. The van der Waals surface area contributed by atoms with Crippen molar-refractivity contribution >= 4 is 16.0 Å². The van der Waals surface area contributed by atoms with Gasteiger partial charge in [0.1, 0.15) is 10.9 Å². The van der Waals surface area contributed by atoms with E-state index in [1.807, 2.05) is 0 Å². The number of nitrogens with zero attached hydrogens (tertiary/aromatic N) is 1. The molecular formula is C9H12N2O4S. The van der Waals surface area contributed by atoms with Crippen LogP contribution in [0.5, 0.6) is 0 Å². The number of hydrogen-bond donors (Lipinski definition) is 1. The van der Waals surface area contributed by atoms with E-state index in [0.717, 1.165) is 0 Å². The first-order chi connectivity index (χ1) is 7.47. The van der Waals surface area contributed by atoms with Crippen LogP contribution in [0.1, 0.15) is 6.92 Å². The highest BCUT2D eigenvalue weighted by molar-refractivity contribution is 7.89. The fourth-order valence-electron chi connectivity index (χ4n) is 1.03. The maximum absolute atomic E-state index is 11.7. The van der Waals surface area contributed by atoms with Gasteiger partial charge in [0.25, 0.3) is 0 Å². The molecule has 7 heteroatoms. The van der Waals surface area contributed by atoms with E-state index >= 15 is 0 Å². The molecule has 0 saturated heterocycles. The first-order valence-electron chi connectivity index (χ1n) is 4.47. The molecule has 0 saturated carbocycles. The average Bonchev–Trinajstić information content (AvgIpc) is 2.28. The lowest BCUT2D eigenvalue weighted by atomic mass is 10.4. The molecule has 16 heavy (non-hydrogen) atoms. The van der Waals surface area contributed by atoms with E-state index in [1.165, 1.54) is 38.6 Å². The second kappa shape index (κ2) is 5.04. The van der Waals surface area contributed by atoms with Crippen molar-refractivity contribution in [2.24, 2.45) is 0 Å². The first-order valence-corrected chi connectivity index (χ1v) is 5.96. The lowest BCUT2D eigenvalue weighted by Gasteiger charge is -2.11. The molecule has 0 aromatic carbocycles. The molecular weight excluding hydrogens is 232 g/mol. The van der Waals surface area contributed by atoms with Crippen LogP contribution < -0.4 is 4.72 Å². The SMILES string of the molecule is COC(=O)C(C)NS(=O)(=O)c1cccnc1. The quantitative estimate of drug-likeness (QED) is 0.749. The highest BCUT2D eigenvalue weighted by atomic mass is 32.2. The highest BCUT2D eigenvalue weighted by Crippen LogP contribution is 2.06. The smallest absolute Gasteiger partial charge is 0.323 e. The van der Waals surface area contributed by atoms with Gasteiger partial charge in [-0.05, 0) is 19.1 Å². The number of aromatic nitrogens is 1. The molecule has 6 nitrogen and oxygen atoms in total. The number of ether oxygens (including phenoxy) is 1. The molecule has 1 rings (SSSR count). The largest absolute Gasteiger partial charge is 0.468 e. The minimum absolute atomic E-state index is 0.00533. The van der Waals surface area contributed by atoms with Gasteiger partial charge in [0.15, 0.2) is 0 Å². The zero-order valence-electron chi connectivity index (χ0n) is 8.88. The molecule has 88 valence electrons. The van der Waals surface area contributed by atoms with Crippen molar-refractivity contribution in [3.8, 4) is 0 Å². The Hall–Kier alpha value is -1.47. The zero-order chi connectivity index (χ0) is 12.2. The van der Waals surface area contributed by atoms with Gasteiger partial charge < -0.3 is 4.74 Å². The minimum atomic E-state index is -3.73. The van der Waals surface area contributed by atoms with Crippen LogP contribution in [0.4, 0.5) is 0 Å². The molecule has 0 spiro atoms. The van der Waals surface area contributed by atoms with Gasteiger partial charge in [0.05, 0.1) is 7.11 Å². The number of rotatable bonds is 4. The van der Waals surface area contributed by atoms with Crippen LogP contribution in [0, 0.1) is 0 Å². The van der Waals surface area contributed by atoms with Gasteiger partial charge in [-0.25, -0.2) is 8.42 Å². The number of pyridine rings is 1. The highest BCUT2D eigenvalue weighted by Gasteiger charge is 2.22. The molecule has 0 fully saturated rings. The lowest BCUT2D eigenvalue weighted by Crippen LogP contribution is -2.39. The van der Waals surface area contributed by atoms with Crippen LogP contribution in [0.3, 0.4) is 0 Å². The van der Waals surface area contributed by atoms with E-state index < -0.39 is 22.0 Å². The van der Waals surface area contributed by atoms with Gasteiger partial charge in [-0.3, -0.25) is 9.78 Å². The van der Waals surface area contributed by atoms with Crippen LogP contribution in [0.15, 0.2) is 29.4 Å². The molecule has 0 aliphatic rings. The Morgan fingerprint density at radius 2 is 2.25 bits per heavy atom. The molecule has 1 aromatic rings. The normalized spacial score (nSPS) is 13.1. The van der Waals surface area contributed by atoms with Crippen molar-refractivity contribution < 1.29 is 17.9 Å². The van der Waals surface area contributed by atoms with Crippen LogP contribution >= 0.6 is 0 Å². The second-order valence-corrected chi connectivity index (χ2v) is 4.77. The fraction of sp³-hybridized carbons (Fsp3) is 0.333. The van der Waals surface area contributed by atoms with Gasteiger partial charge in [0, 0.05) is 12.4 Å². The number of carbonyl (C=O) groups excluding carboxylic acids is 1. The zero-order valence-corrected chi connectivity index (χ0v) is 9.69. The number of sulfonamides is 1. The number of nitrogens with one attached hydrogen (secondary N) is 1. The summed E-state index contributed by atoms with van der Waals surface area (Å²) < 4.78 is 30.0. The van der Waals surface area contributed by atoms with E-state index in [1.54, 1.807) is 0 Å². The van der Waals surface area contributed by atoms with Gasteiger partial charge in [-0.2, -0.15) is 4.72 Å². The summed E-state index contributed by atoms with van der Waals surface area (Å²) in [4.78, 5) is 14.7. The predicted molar refractivity (Wildman–Crippen MR) is 56.0 cm³/mol. The fourth-order valence-corrected chi connectivity index (χ4v) is 2.19. The Labute approximate surface area is 93.7 Å². The summed E-state index contributed by atoms with van der Waals surface area (Å²) in [5, 5.41) is 0. The van der Waals surface area contributed by atoms with Crippen molar-refractivity contribution in [1.82, 2.24) is 9.71 Å². The second-order valence-electron chi connectivity index (χ2n) is 3.05. The van der Waals surface area contributed by atoms with Crippen molar-refractivity contribution in [3.63, 3.8) is 0 Å². The van der Waals surface area contributed by atoms with Gasteiger partial charge in [0.2, 0.25) is 10.0 Å². The molecule has 1 heterocycles. The minimum Gasteiger partial charge on any atom is -0.468 e. The van der Waals surface area contributed by atoms with Crippen molar-refractivity contribution in [2.75, 3.05) is 7.11 Å². The third-order valence-electron chi connectivity index (χ3n) is 1.83. The average molecular weight is 244 g/mol. The van der Waals surface area contributed by atoms with E-state index in [2.05, 4.69) is 14.4 Å². The van der Waals surface area contributed by atoms with Crippen LogP contribution in [-0.2, 0) is 19.6 Å². The lowest BCUT2D eigenvalue weighted by molar-refractivity contribution is -0.142. The molecule has 0 radical (unpaired) electrons. The summed E-state index contributed by atoms with van der Waals surface area (Å²) in [5.41, 5.74) is 0. The predicted octanol–water partition coefficient (Wildman–Crippen LogP) is -0.0786. The van der Waals surface area contributed by atoms with Crippen LogP contribution in [-0.4, -0.2) is 32.5 Å². The van der Waals surface area contributed by atoms with Gasteiger partial charge in [-0.15, -0.1) is 0 Å². The number of hydrogen-bond acceptors (Lipinski definition) is 5. The molecule has 1 atom stereocenters. The summed E-state index contributed by atoms with van der Waals surface area (Å²) in [6.45, 7) is 1.40. The molecule has 1 aromatic heterocycles. The molecule has 0 amide bonds. The monoisotopic (exact) mass is 244 g/mol. The van der Waals surface area contributed by atoms with E-state index in [9.17, 15) is 13.2 Å². The standard InChI is InChI=1S/C9H12N2O4S/c1-7(9(12)15-2)11-16(13,14)8-4-3-5-10-6-8/h3-7,11H,1-2H3. The van der Waals surface area contributed by atoms with Crippen LogP contribution in [0.2, 0.25) is 0 Å². The summed E-state index contributed by atoms with van der Waals surface area (Å²) in [7, 11) is -2.54. The summed E-state index contributed by atoms with van der Waals surface area (Å²) in [5.74, 6) is -0.646. The third kappa shape index (κ3) is 3.01. The van der Waals surface area contributed by atoms with Crippen LogP contribution in [0.25, 0.3) is 0 Å². The topological polar surface area (TPSA) is 85.4 Å². The first kappa shape index (κ1) is 12.6. The summed E-state index contributed by atoms with van der Waals surface area (Å²) in [6, 6.07) is 1.95. The Morgan fingerprint density at radius 3 is 2.75 bits per heavy atom. The number of carbonyl (C=O) groups is 1. The Morgan fingerprint density at radius 1 is 1.56 bits per heavy atom. The van der Waals surface area contributed by atoms with Crippen molar-refractivity contribution in [1.29, 1.82) is 0 Å². The number of esters is 1. The van der Waals surface area contributed by atoms with E-state index in [-0.39, 0.29) is 4.90 Å². The molecule has 0 bridgehead atoms. The third-order valence-corrected chi connectivity index (χ3v) is 3.36. The van der Waals surface area contributed by atoms with Crippen molar-refractivity contribution in [2.45, 2.75) is 17.9 Å². The molecule has 1 N–H and O–H groups in total. The van der Waals surface area contributed by atoms with E-state index in [0.29, 0.717) is 0 Å². The molecule has 0 aliphatic carbocycles. The Bertz CT molecular complexity index is 458. The maximum atomic E-state index is 11.7. The van der Waals surface area contributed by atoms with Crippen molar-refractivity contribution in [3.05, 3.63) is 24.5 Å². The summed E-state index contributed by atoms with van der Waals surface area (Å²) in [6.07, 6.45) is 2.66. The number of methoxy groups -OCH3 is 1. The van der Waals surface area contributed by atoms with E-state index in [4.69, 9.17) is 0 Å². The van der Waals surface area contributed by atoms with Gasteiger partial charge >= 0.3 is 5.97 Å².